The standard InChI is InChI=1S/C17H22N2O2/c1-13(20)19-11-5-8-15(19)16(21)18-12-17(9-10-17)14-6-3-2-4-7-14/h2-4,6-7,15H,5,8-12H2,1H3,(H,18,21)/t15-/m0/s1. The minimum Gasteiger partial charge on any atom is -0.353 e. The number of nitrogens with zero attached hydrogens (tertiary/aromatic N) is 1. The van der Waals surface area contributed by atoms with Crippen LogP contribution in [0, 0.1) is 0 Å². The first-order valence-corrected chi connectivity index (χ1v) is 7.73. The number of hydrogen-bond acceptors (Lipinski definition) is 2. The zero-order valence-electron chi connectivity index (χ0n) is 12.5. The molecule has 1 aliphatic heterocycles. The van der Waals surface area contributed by atoms with Gasteiger partial charge in [0, 0.05) is 25.4 Å². The van der Waals surface area contributed by atoms with Crippen molar-refractivity contribution in [2.75, 3.05) is 13.1 Å². The largest absolute Gasteiger partial charge is 0.353 e. The summed E-state index contributed by atoms with van der Waals surface area (Å²) < 4.78 is 0. The topological polar surface area (TPSA) is 49.4 Å². The second-order valence-corrected chi connectivity index (χ2v) is 6.23. The average Bonchev–Trinajstić information content (AvgIpc) is 3.12. The van der Waals surface area contributed by atoms with E-state index in [0.29, 0.717) is 13.1 Å². The number of rotatable bonds is 4. The van der Waals surface area contributed by atoms with Crippen molar-refractivity contribution < 1.29 is 9.59 Å². The quantitative estimate of drug-likeness (QED) is 0.918. The maximum Gasteiger partial charge on any atom is 0.242 e. The highest BCUT2D eigenvalue weighted by atomic mass is 16.2. The lowest BCUT2D eigenvalue weighted by Gasteiger charge is -2.24. The van der Waals surface area contributed by atoms with Gasteiger partial charge in [-0.25, -0.2) is 0 Å². The van der Waals surface area contributed by atoms with Crippen LogP contribution in [-0.4, -0.2) is 35.8 Å². The van der Waals surface area contributed by atoms with E-state index in [0.717, 1.165) is 25.7 Å². The molecule has 1 aromatic rings. The summed E-state index contributed by atoms with van der Waals surface area (Å²) >= 11 is 0. The summed E-state index contributed by atoms with van der Waals surface area (Å²) in [5.74, 6) is 0.00162. The molecule has 1 aromatic carbocycles. The summed E-state index contributed by atoms with van der Waals surface area (Å²) in [6.45, 7) is 2.92. The first-order chi connectivity index (χ1) is 10.1. The smallest absolute Gasteiger partial charge is 0.242 e. The van der Waals surface area contributed by atoms with Crippen molar-refractivity contribution in [3.63, 3.8) is 0 Å². The van der Waals surface area contributed by atoms with E-state index in [-0.39, 0.29) is 23.3 Å². The van der Waals surface area contributed by atoms with Gasteiger partial charge in [0.15, 0.2) is 0 Å². The molecule has 0 bridgehead atoms. The number of nitrogens with one attached hydrogen (secondary N) is 1. The van der Waals surface area contributed by atoms with E-state index in [1.54, 1.807) is 4.90 Å². The fourth-order valence-corrected chi connectivity index (χ4v) is 3.30. The number of hydrogen-bond donors (Lipinski definition) is 1. The monoisotopic (exact) mass is 286 g/mol. The Bertz CT molecular complexity index is 537. The molecule has 4 heteroatoms. The maximum atomic E-state index is 12.4. The number of amides is 2. The summed E-state index contributed by atoms with van der Waals surface area (Å²) in [6.07, 6.45) is 3.95. The molecule has 1 saturated carbocycles. The third kappa shape index (κ3) is 2.80. The molecule has 1 saturated heterocycles. The van der Waals surface area contributed by atoms with Gasteiger partial charge < -0.3 is 10.2 Å². The van der Waals surface area contributed by atoms with E-state index in [1.165, 1.54) is 12.5 Å². The molecule has 1 N–H and O–H groups in total. The van der Waals surface area contributed by atoms with Crippen LogP contribution in [0.4, 0.5) is 0 Å². The van der Waals surface area contributed by atoms with Crippen molar-refractivity contribution in [1.29, 1.82) is 0 Å². The highest BCUT2D eigenvalue weighted by molar-refractivity contribution is 5.87. The molecule has 1 aliphatic carbocycles. The highest BCUT2D eigenvalue weighted by Crippen LogP contribution is 2.47. The molecule has 2 aliphatic rings. The van der Waals surface area contributed by atoms with Gasteiger partial charge in [0.1, 0.15) is 6.04 Å². The molecule has 0 radical (unpaired) electrons. The summed E-state index contributed by atoms with van der Waals surface area (Å²) in [6, 6.07) is 10.1. The average molecular weight is 286 g/mol. The molecular formula is C17H22N2O2. The van der Waals surface area contributed by atoms with Crippen molar-refractivity contribution in [3.8, 4) is 0 Å². The molecule has 1 atom stereocenters. The van der Waals surface area contributed by atoms with E-state index in [9.17, 15) is 9.59 Å². The number of carbonyl (C=O) groups excluding carboxylic acids is 2. The Labute approximate surface area is 125 Å². The van der Waals surface area contributed by atoms with Gasteiger partial charge in [0.2, 0.25) is 11.8 Å². The van der Waals surface area contributed by atoms with Gasteiger partial charge >= 0.3 is 0 Å². The molecule has 0 aromatic heterocycles. The van der Waals surface area contributed by atoms with E-state index in [4.69, 9.17) is 0 Å². The van der Waals surface area contributed by atoms with E-state index in [2.05, 4.69) is 17.4 Å². The molecule has 3 rings (SSSR count). The summed E-state index contributed by atoms with van der Waals surface area (Å²) in [4.78, 5) is 25.6. The first kappa shape index (κ1) is 14.1. The van der Waals surface area contributed by atoms with Crippen molar-refractivity contribution in [2.24, 2.45) is 0 Å². The number of benzene rings is 1. The van der Waals surface area contributed by atoms with Gasteiger partial charge in [-0.3, -0.25) is 9.59 Å². The van der Waals surface area contributed by atoms with Crippen LogP contribution in [0.3, 0.4) is 0 Å². The Morgan fingerprint density at radius 2 is 2.00 bits per heavy atom. The Morgan fingerprint density at radius 1 is 1.29 bits per heavy atom. The van der Waals surface area contributed by atoms with Crippen LogP contribution in [0.2, 0.25) is 0 Å². The van der Waals surface area contributed by atoms with Gasteiger partial charge in [-0.15, -0.1) is 0 Å². The minimum atomic E-state index is -0.269. The molecule has 2 fully saturated rings. The zero-order valence-corrected chi connectivity index (χ0v) is 12.5. The van der Waals surface area contributed by atoms with Crippen LogP contribution < -0.4 is 5.32 Å². The van der Waals surface area contributed by atoms with Crippen LogP contribution >= 0.6 is 0 Å². The molecule has 0 unspecified atom stereocenters. The lowest BCUT2D eigenvalue weighted by atomic mass is 9.96. The van der Waals surface area contributed by atoms with Crippen molar-refractivity contribution in [2.45, 2.75) is 44.1 Å². The minimum absolute atomic E-state index is 0.00292. The lowest BCUT2D eigenvalue weighted by Crippen LogP contribution is -2.46. The second kappa shape index (κ2) is 5.51. The van der Waals surface area contributed by atoms with Gasteiger partial charge in [-0.1, -0.05) is 30.3 Å². The zero-order chi connectivity index (χ0) is 14.9. The predicted molar refractivity (Wildman–Crippen MR) is 80.8 cm³/mol. The summed E-state index contributed by atoms with van der Waals surface area (Å²) in [7, 11) is 0. The van der Waals surface area contributed by atoms with Crippen LogP contribution in [0.25, 0.3) is 0 Å². The summed E-state index contributed by atoms with van der Waals surface area (Å²) in [5, 5.41) is 3.08. The number of likely N-dealkylation sites (tertiary alicyclic amines) is 1. The third-order valence-electron chi connectivity index (χ3n) is 4.80. The van der Waals surface area contributed by atoms with E-state index in [1.807, 2.05) is 18.2 Å². The van der Waals surface area contributed by atoms with Crippen molar-refractivity contribution in [1.82, 2.24) is 10.2 Å². The SMILES string of the molecule is CC(=O)N1CCC[C@H]1C(=O)NCC1(c2ccccc2)CC1. The Balaban J connectivity index is 1.60. The molecule has 2 amide bonds. The lowest BCUT2D eigenvalue weighted by molar-refractivity contribution is -0.136. The number of carbonyl (C=O) groups is 2. The maximum absolute atomic E-state index is 12.4. The summed E-state index contributed by atoms with van der Waals surface area (Å²) in [5.41, 5.74) is 1.43. The Kier molecular flexibility index (Phi) is 3.70. The molecule has 0 spiro atoms. The van der Waals surface area contributed by atoms with Crippen molar-refractivity contribution in [3.05, 3.63) is 35.9 Å². The van der Waals surface area contributed by atoms with Gasteiger partial charge in [-0.2, -0.15) is 0 Å². The van der Waals surface area contributed by atoms with E-state index >= 15 is 0 Å². The second-order valence-electron chi connectivity index (χ2n) is 6.23. The highest BCUT2D eigenvalue weighted by Gasteiger charge is 2.45. The fourth-order valence-electron chi connectivity index (χ4n) is 3.30. The molecule has 1 heterocycles. The van der Waals surface area contributed by atoms with Crippen LogP contribution in [0.1, 0.15) is 38.2 Å². The van der Waals surface area contributed by atoms with Gasteiger partial charge in [0.05, 0.1) is 0 Å². The Morgan fingerprint density at radius 3 is 2.62 bits per heavy atom. The third-order valence-corrected chi connectivity index (χ3v) is 4.80. The molecule has 112 valence electrons. The molecule has 4 nitrogen and oxygen atoms in total. The fraction of sp³-hybridized carbons (Fsp3) is 0.529. The van der Waals surface area contributed by atoms with Gasteiger partial charge in [-0.05, 0) is 31.2 Å². The van der Waals surface area contributed by atoms with E-state index < -0.39 is 0 Å². The molecule has 21 heavy (non-hydrogen) atoms. The predicted octanol–water partition coefficient (Wildman–Crippen LogP) is 1.85. The van der Waals surface area contributed by atoms with Crippen LogP contribution in [0.15, 0.2) is 30.3 Å². The van der Waals surface area contributed by atoms with Gasteiger partial charge in [0.25, 0.3) is 0 Å². The van der Waals surface area contributed by atoms with Crippen LogP contribution in [0.5, 0.6) is 0 Å². The normalized spacial score (nSPS) is 22.9. The first-order valence-electron chi connectivity index (χ1n) is 7.73. The van der Waals surface area contributed by atoms with Crippen LogP contribution in [-0.2, 0) is 15.0 Å². The molecular weight excluding hydrogens is 264 g/mol. The van der Waals surface area contributed by atoms with Crippen molar-refractivity contribution >= 4 is 11.8 Å². The Hall–Kier alpha value is -1.84.